The van der Waals surface area contributed by atoms with E-state index in [-0.39, 0.29) is 36.0 Å². The Kier molecular flexibility index (Phi) is 8.85. The van der Waals surface area contributed by atoms with Crippen LogP contribution in [0.2, 0.25) is 0 Å². The standard InChI is InChI=1S/C22H30N2O7S/c1-5-23-32(28,29)19-11-10-17(30-12-8-9-21(26)27)22-16(19)14-18(31-22)15(4)13-20(25)24(6-2)7-3/h10-11,13-14,23H,5-9,12H2,1-4H3,(H,26,27)/b15-13-. The summed E-state index contributed by atoms with van der Waals surface area (Å²) in [6.45, 7) is 8.66. The smallest absolute Gasteiger partial charge is 0.303 e. The molecule has 32 heavy (non-hydrogen) atoms. The molecule has 10 heteroatoms. The number of rotatable bonds is 12. The number of nitrogens with zero attached hydrogens (tertiary/aromatic N) is 1. The molecule has 2 N–H and O–H groups in total. The van der Waals surface area contributed by atoms with Crippen LogP contribution in [-0.2, 0) is 19.6 Å². The summed E-state index contributed by atoms with van der Waals surface area (Å²) < 4.78 is 39.4. The van der Waals surface area contributed by atoms with Crippen molar-refractivity contribution in [3.8, 4) is 5.75 Å². The van der Waals surface area contributed by atoms with E-state index in [1.165, 1.54) is 18.2 Å². The minimum Gasteiger partial charge on any atom is -0.490 e. The molecule has 0 fully saturated rings. The van der Waals surface area contributed by atoms with E-state index in [1.54, 1.807) is 24.8 Å². The summed E-state index contributed by atoms with van der Waals surface area (Å²) in [5, 5.41) is 9.10. The summed E-state index contributed by atoms with van der Waals surface area (Å²) in [5.74, 6) is -0.451. The number of fused-ring (bicyclic) bond motifs is 1. The SMILES string of the molecule is CCNS(=O)(=O)c1ccc(OCCCC(=O)O)c2oc(/C(C)=C\C(=O)N(CC)CC)cc12. The number of aliphatic carboxylic acids is 1. The molecule has 0 radical (unpaired) electrons. The lowest BCUT2D eigenvalue weighted by molar-refractivity contribution is -0.137. The molecule has 2 aromatic rings. The highest BCUT2D eigenvalue weighted by Gasteiger charge is 2.22. The normalized spacial score (nSPS) is 12.2. The summed E-state index contributed by atoms with van der Waals surface area (Å²) in [6.07, 6.45) is 1.70. The second-order valence-corrected chi connectivity index (χ2v) is 8.84. The summed E-state index contributed by atoms with van der Waals surface area (Å²) >= 11 is 0. The van der Waals surface area contributed by atoms with Crippen LogP contribution in [0.25, 0.3) is 16.5 Å². The molecule has 9 nitrogen and oxygen atoms in total. The van der Waals surface area contributed by atoms with E-state index < -0.39 is 16.0 Å². The summed E-state index contributed by atoms with van der Waals surface area (Å²) in [4.78, 5) is 24.8. The fourth-order valence-electron chi connectivity index (χ4n) is 3.17. The fraction of sp³-hybridized carbons (Fsp3) is 0.455. The van der Waals surface area contributed by atoms with Crippen molar-refractivity contribution in [3.05, 3.63) is 30.0 Å². The monoisotopic (exact) mass is 466 g/mol. The van der Waals surface area contributed by atoms with E-state index in [1.807, 2.05) is 13.8 Å². The van der Waals surface area contributed by atoms with Gasteiger partial charge in [0.1, 0.15) is 5.76 Å². The predicted octanol–water partition coefficient (Wildman–Crippen LogP) is 3.25. The van der Waals surface area contributed by atoms with Crippen LogP contribution >= 0.6 is 0 Å². The molecule has 0 unspecified atom stereocenters. The largest absolute Gasteiger partial charge is 0.490 e. The molecule has 1 amide bonds. The van der Waals surface area contributed by atoms with Crippen LogP contribution in [0.15, 0.2) is 33.6 Å². The number of hydrogen-bond acceptors (Lipinski definition) is 6. The van der Waals surface area contributed by atoms with Gasteiger partial charge >= 0.3 is 5.97 Å². The first-order valence-electron chi connectivity index (χ1n) is 10.5. The molecule has 176 valence electrons. The number of carboxylic acids is 1. The first-order valence-corrected chi connectivity index (χ1v) is 12.0. The Morgan fingerprint density at radius 2 is 1.91 bits per heavy atom. The fourth-order valence-corrected chi connectivity index (χ4v) is 4.40. The van der Waals surface area contributed by atoms with Crippen LogP contribution in [0.3, 0.4) is 0 Å². The van der Waals surface area contributed by atoms with Crippen molar-refractivity contribution < 1.29 is 32.3 Å². The van der Waals surface area contributed by atoms with Gasteiger partial charge < -0.3 is 19.2 Å². The van der Waals surface area contributed by atoms with Gasteiger partial charge in [-0.2, -0.15) is 0 Å². The van der Waals surface area contributed by atoms with E-state index in [4.69, 9.17) is 14.3 Å². The van der Waals surface area contributed by atoms with Gasteiger partial charge in [0, 0.05) is 37.5 Å². The average Bonchev–Trinajstić information content (AvgIpc) is 3.17. The lowest BCUT2D eigenvalue weighted by atomic mass is 10.2. The maximum Gasteiger partial charge on any atom is 0.303 e. The minimum absolute atomic E-state index is 0.0325. The van der Waals surface area contributed by atoms with Gasteiger partial charge in [-0.3, -0.25) is 9.59 Å². The van der Waals surface area contributed by atoms with Crippen molar-refractivity contribution in [2.45, 2.75) is 45.4 Å². The lowest BCUT2D eigenvalue weighted by Gasteiger charge is -2.16. The molecule has 0 aliphatic carbocycles. The number of benzene rings is 1. The first kappa shape index (κ1) is 25.4. The van der Waals surface area contributed by atoms with Gasteiger partial charge in [0.25, 0.3) is 0 Å². The van der Waals surface area contributed by atoms with Crippen LogP contribution in [0.5, 0.6) is 5.75 Å². The Morgan fingerprint density at radius 3 is 2.50 bits per heavy atom. The third-order valence-corrected chi connectivity index (χ3v) is 6.43. The zero-order valence-electron chi connectivity index (χ0n) is 18.8. The molecule has 0 aliphatic heterocycles. The van der Waals surface area contributed by atoms with Gasteiger partial charge in [-0.15, -0.1) is 0 Å². The number of likely N-dealkylation sites (N-methyl/N-ethyl adjacent to an activating group) is 1. The Morgan fingerprint density at radius 1 is 1.22 bits per heavy atom. The van der Waals surface area contributed by atoms with Crippen molar-refractivity contribution >= 4 is 38.4 Å². The molecule has 1 heterocycles. The molecule has 1 aromatic heterocycles. The lowest BCUT2D eigenvalue weighted by Crippen LogP contribution is -2.28. The van der Waals surface area contributed by atoms with Gasteiger partial charge in [-0.25, -0.2) is 13.1 Å². The molecule has 1 aromatic carbocycles. The number of carbonyl (C=O) groups excluding carboxylic acids is 1. The molecule has 2 rings (SSSR count). The Hall–Kier alpha value is -2.85. The number of allylic oxidation sites excluding steroid dienone is 1. The van der Waals surface area contributed by atoms with Gasteiger partial charge in [0.05, 0.1) is 11.5 Å². The highest BCUT2D eigenvalue weighted by atomic mass is 32.2. The maximum absolute atomic E-state index is 12.7. The minimum atomic E-state index is -3.78. The Bertz CT molecular complexity index is 1100. The van der Waals surface area contributed by atoms with Crippen molar-refractivity contribution in [2.75, 3.05) is 26.2 Å². The van der Waals surface area contributed by atoms with Crippen LogP contribution in [0.4, 0.5) is 0 Å². The van der Waals surface area contributed by atoms with Gasteiger partial charge in [-0.1, -0.05) is 6.92 Å². The third-order valence-electron chi connectivity index (χ3n) is 4.83. The van der Waals surface area contributed by atoms with Gasteiger partial charge in [0.15, 0.2) is 11.3 Å². The number of furan rings is 1. The zero-order chi connectivity index (χ0) is 23.9. The molecule has 0 aliphatic rings. The molecule has 0 bridgehead atoms. The van der Waals surface area contributed by atoms with Crippen LogP contribution < -0.4 is 9.46 Å². The quantitative estimate of drug-likeness (QED) is 0.363. The molecule has 0 saturated carbocycles. The van der Waals surface area contributed by atoms with E-state index >= 15 is 0 Å². The predicted molar refractivity (Wildman–Crippen MR) is 121 cm³/mol. The van der Waals surface area contributed by atoms with Crippen molar-refractivity contribution in [1.29, 1.82) is 0 Å². The number of hydrogen-bond donors (Lipinski definition) is 2. The molecule has 0 saturated heterocycles. The Balaban J connectivity index is 2.51. The molecular weight excluding hydrogens is 436 g/mol. The third kappa shape index (κ3) is 6.10. The first-order chi connectivity index (χ1) is 15.1. The summed E-state index contributed by atoms with van der Waals surface area (Å²) in [6, 6.07) is 4.48. The summed E-state index contributed by atoms with van der Waals surface area (Å²) in [7, 11) is -3.78. The van der Waals surface area contributed by atoms with Gasteiger partial charge in [0.2, 0.25) is 15.9 Å². The van der Waals surface area contributed by atoms with E-state index in [0.29, 0.717) is 42.0 Å². The number of nitrogens with one attached hydrogen (secondary N) is 1. The van der Waals surface area contributed by atoms with E-state index in [2.05, 4.69) is 4.72 Å². The number of carbonyl (C=O) groups is 2. The number of carboxylic acid groups (broad SMARTS) is 1. The number of sulfonamides is 1. The molecule has 0 spiro atoms. The maximum atomic E-state index is 12.7. The average molecular weight is 467 g/mol. The van der Waals surface area contributed by atoms with E-state index in [0.717, 1.165) is 0 Å². The summed E-state index contributed by atoms with van der Waals surface area (Å²) in [5.41, 5.74) is 0.763. The van der Waals surface area contributed by atoms with Crippen LogP contribution in [0.1, 0.15) is 46.3 Å². The van der Waals surface area contributed by atoms with Crippen molar-refractivity contribution in [2.24, 2.45) is 0 Å². The van der Waals surface area contributed by atoms with Crippen LogP contribution in [-0.4, -0.2) is 56.5 Å². The highest BCUT2D eigenvalue weighted by molar-refractivity contribution is 7.89. The van der Waals surface area contributed by atoms with Gasteiger partial charge in [-0.05, 0) is 51.0 Å². The topological polar surface area (TPSA) is 126 Å². The number of amides is 1. The van der Waals surface area contributed by atoms with Crippen molar-refractivity contribution in [1.82, 2.24) is 9.62 Å². The second kappa shape index (κ2) is 11.1. The van der Waals surface area contributed by atoms with Crippen molar-refractivity contribution in [3.63, 3.8) is 0 Å². The highest BCUT2D eigenvalue weighted by Crippen LogP contribution is 2.36. The second-order valence-electron chi connectivity index (χ2n) is 7.10. The Labute approximate surface area is 188 Å². The molecular formula is C22H30N2O7S. The number of ether oxygens (including phenoxy) is 1. The van der Waals surface area contributed by atoms with Crippen LogP contribution in [0, 0.1) is 0 Å². The zero-order valence-corrected chi connectivity index (χ0v) is 19.6. The van der Waals surface area contributed by atoms with E-state index in [9.17, 15) is 18.0 Å². The molecule has 0 atom stereocenters.